The van der Waals surface area contributed by atoms with Crippen molar-refractivity contribution < 1.29 is 13.2 Å². The summed E-state index contributed by atoms with van der Waals surface area (Å²) in [5, 5.41) is 0. The Morgan fingerprint density at radius 3 is 2.37 bits per heavy atom. The van der Waals surface area contributed by atoms with Gasteiger partial charge in [0.1, 0.15) is 6.04 Å². The minimum absolute atomic E-state index is 0.0846. The van der Waals surface area contributed by atoms with E-state index in [0.717, 1.165) is 25.7 Å². The molecule has 0 radical (unpaired) electrons. The highest BCUT2D eigenvalue weighted by molar-refractivity contribution is 7.89. The molecule has 3 N–H and O–H groups in total. The van der Waals surface area contributed by atoms with Crippen molar-refractivity contribution in [3.8, 4) is 0 Å². The molecule has 0 spiro atoms. The Balaban J connectivity index is 2.62. The first kappa shape index (κ1) is 16.4. The molecule has 5 nitrogen and oxygen atoms in total. The first-order chi connectivity index (χ1) is 8.85. The zero-order valence-electron chi connectivity index (χ0n) is 11.9. The van der Waals surface area contributed by atoms with Crippen LogP contribution in [0.1, 0.15) is 52.4 Å². The molecule has 112 valence electrons. The van der Waals surface area contributed by atoms with Crippen LogP contribution in [0.15, 0.2) is 0 Å². The first-order valence-corrected chi connectivity index (χ1v) is 8.80. The van der Waals surface area contributed by atoms with Crippen molar-refractivity contribution in [1.29, 1.82) is 0 Å². The van der Waals surface area contributed by atoms with Crippen LogP contribution in [0.3, 0.4) is 0 Å². The van der Waals surface area contributed by atoms with Gasteiger partial charge in [-0.2, -0.15) is 0 Å². The topological polar surface area (TPSA) is 89.3 Å². The van der Waals surface area contributed by atoms with Crippen LogP contribution in [0.5, 0.6) is 0 Å². The van der Waals surface area contributed by atoms with E-state index >= 15 is 0 Å². The van der Waals surface area contributed by atoms with Gasteiger partial charge in [-0.05, 0) is 24.7 Å². The summed E-state index contributed by atoms with van der Waals surface area (Å²) in [5.41, 5.74) is 5.29. The van der Waals surface area contributed by atoms with E-state index in [4.69, 9.17) is 5.73 Å². The molecule has 1 aliphatic carbocycles. The average Bonchev–Trinajstić information content (AvgIpc) is 2.35. The molecule has 0 aromatic rings. The van der Waals surface area contributed by atoms with Crippen molar-refractivity contribution in [3.63, 3.8) is 0 Å². The number of hydrogen-bond acceptors (Lipinski definition) is 3. The average molecular weight is 290 g/mol. The number of sulfonamides is 1. The molecular formula is C13H26N2O3S. The van der Waals surface area contributed by atoms with Gasteiger partial charge in [-0.15, -0.1) is 0 Å². The van der Waals surface area contributed by atoms with E-state index in [2.05, 4.69) is 4.72 Å². The van der Waals surface area contributed by atoms with Crippen molar-refractivity contribution in [1.82, 2.24) is 4.72 Å². The van der Waals surface area contributed by atoms with Gasteiger partial charge >= 0.3 is 0 Å². The molecule has 1 saturated carbocycles. The van der Waals surface area contributed by atoms with Gasteiger partial charge in [-0.1, -0.05) is 39.5 Å². The van der Waals surface area contributed by atoms with Crippen LogP contribution in [0.4, 0.5) is 0 Å². The molecule has 1 rings (SSSR count). The normalized spacial score (nSPS) is 20.9. The lowest BCUT2D eigenvalue weighted by molar-refractivity contribution is -0.120. The summed E-state index contributed by atoms with van der Waals surface area (Å²) in [6.45, 7) is 3.74. The van der Waals surface area contributed by atoms with E-state index in [1.807, 2.05) is 13.8 Å². The molecule has 1 aliphatic rings. The van der Waals surface area contributed by atoms with Crippen molar-refractivity contribution >= 4 is 15.9 Å². The largest absolute Gasteiger partial charge is 0.368 e. The predicted octanol–water partition coefficient (Wildman–Crippen LogP) is 1.39. The lowest BCUT2D eigenvalue weighted by Gasteiger charge is -2.25. The molecule has 2 unspecified atom stereocenters. The van der Waals surface area contributed by atoms with E-state index in [1.165, 1.54) is 6.42 Å². The molecule has 19 heavy (non-hydrogen) atoms. The van der Waals surface area contributed by atoms with E-state index in [9.17, 15) is 13.2 Å². The highest BCUT2D eigenvalue weighted by atomic mass is 32.2. The summed E-state index contributed by atoms with van der Waals surface area (Å²) >= 11 is 0. The third kappa shape index (κ3) is 5.48. The minimum atomic E-state index is -3.43. The number of carbonyl (C=O) groups is 1. The van der Waals surface area contributed by atoms with Crippen LogP contribution in [0, 0.1) is 11.8 Å². The van der Waals surface area contributed by atoms with Crippen LogP contribution in [-0.4, -0.2) is 26.1 Å². The van der Waals surface area contributed by atoms with Crippen molar-refractivity contribution in [2.24, 2.45) is 17.6 Å². The summed E-state index contributed by atoms with van der Waals surface area (Å²) in [5.74, 6) is -0.343. The van der Waals surface area contributed by atoms with Gasteiger partial charge in [0.25, 0.3) is 0 Å². The summed E-state index contributed by atoms with van der Waals surface area (Å²) in [6.07, 6.45) is 6.03. The van der Waals surface area contributed by atoms with Gasteiger partial charge in [-0.3, -0.25) is 4.79 Å². The molecule has 0 heterocycles. The Labute approximate surface area is 116 Å². The second-order valence-corrected chi connectivity index (χ2v) is 7.47. The molecule has 2 atom stereocenters. The predicted molar refractivity (Wildman–Crippen MR) is 75.9 cm³/mol. The van der Waals surface area contributed by atoms with Gasteiger partial charge in [0.15, 0.2) is 0 Å². The van der Waals surface area contributed by atoms with Crippen molar-refractivity contribution in [3.05, 3.63) is 0 Å². The fraction of sp³-hybridized carbons (Fsp3) is 0.923. The summed E-state index contributed by atoms with van der Waals surface area (Å²) in [6, 6.07) is -0.793. The van der Waals surface area contributed by atoms with Gasteiger partial charge in [0.2, 0.25) is 15.9 Å². The van der Waals surface area contributed by atoms with Crippen LogP contribution in [0.2, 0.25) is 0 Å². The first-order valence-electron chi connectivity index (χ1n) is 7.15. The zero-order chi connectivity index (χ0) is 14.5. The molecule has 0 aromatic heterocycles. The lowest BCUT2D eigenvalue weighted by Crippen LogP contribution is -2.49. The van der Waals surface area contributed by atoms with Crippen LogP contribution < -0.4 is 10.5 Å². The number of hydrogen-bond donors (Lipinski definition) is 2. The highest BCUT2D eigenvalue weighted by Gasteiger charge is 2.29. The zero-order valence-corrected chi connectivity index (χ0v) is 12.7. The Kier molecular flexibility index (Phi) is 6.26. The number of amides is 1. The van der Waals surface area contributed by atoms with E-state index in [-0.39, 0.29) is 17.6 Å². The van der Waals surface area contributed by atoms with Gasteiger partial charge in [-0.25, -0.2) is 13.1 Å². The maximum atomic E-state index is 12.1. The Morgan fingerprint density at radius 1 is 1.32 bits per heavy atom. The fourth-order valence-corrected chi connectivity index (χ4v) is 4.38. The third-order valence-corrected chi connectivity index (χ3v) is 5.53. The quantitative estimate of drug-likeness (QED) is 0.742. The number of carbonyl (C=O) groups excluding carboxylic acids is 1. The molecule has 0 aromatic carbocycles. The number of primary amides is 1. The summed E-state index contributed by atoms with van der Waals surface area (Å²) < 4.78 is 26.7. The van der Waals surface area contributed by atoms with Gasteiger partial charge in [0.05, 0.1) is 5.75 Å². The fourth-order valence-electron chi connectivity index (χ4n) is 2.60. The molecule has 0 bridgehead atoms. The second-order valence-electron chi connectivity index (χ2n) is 5.67. The highest BCUT2D eigenvalue weighted by Crippen LogP contribution is 2.24. The summed E-state index contributed by atoms with van der Waals surface area (Å²) in [7, 11) is -3.43. The maximum absolute atomic E-state index is 12.1. The number of nitrogens with two attached hydrogens (primary N) is 1. The third-order valence-electron chi connectivity index (χ3n) is 4.01. The molecule has 0 aliphatic heterocycles. The van der Waals surface area contributed by atoms with Crippen LogP contribution in [0.25, 0.3) is 0 Å². The Hall–Kier alpha value is -0.620. The van der Waals surface area contributed by atoms with E-state index < -0.39 is 22.0 Å². The molecule has 6 heteroatoms. The van der Waals surface area contributed by atoms with Crippen LogP contribution in [-0.2, 0) is 14.8 Å². The Morgan fingerprint density at radius 2 is 1.89 bits per heavy atom. The number of rotatable bonds is 7. The van der Waals surface area contributed by atoms with E-state index in [1.54, 1.807) is 0 Å². The second kappa shape index (κ2) is 7.24. The van der Waals surface area contributed by atoms with Crippen molar-refractivity contribution in [2.75, 3.05) is 5.75 Å². The maximum Gasteiger partial charge on any atom is 0.235 e. The number of nitrogens with one attached hydrogen (secondary N) is 1. The monoisotopic (exact) mass is 290 g/mol. The SMILES string of the molecule is CCC(C)C(NS(=O)(=O)CC1CCCCC1)C(N)=O. The van der Waals surface area contributed by atoms with Gasteiger partial charge < -0.3 is 5.73 Å². The molecular weight excluding hydrogens is 264 g/mol. The smallest absolute Gasteiger partial charge is 0.235 e. The van der Waals surface area contributed by atoms with Crippen molar-refractivity contribution in [2.45, 2.75) is 58.4 Å². The molecule has 1 fully saturated rings. The molecule has 0 saturated heterocycles. The lowest BCUT2D eigenvalue weighted by atomic mass is 9.91. The summed E-state index contributed by atoms with van der Waals surface area (Å²) in [4.78, 5) is 11.4. The minimum Gasteiger partial charge on any atom is -0.368 e. The van der Waals surface area contributed by atoms with Crippen LogP contribution >= 0.6 is 0 Å². The van der Waals surface area contributed by atoms with E-state index in [0.29, 0.717) is 6.42 Å². The Bertz CT molecular complexity index is 389. The standard InChI is InChI=1S/C13H26N2O3S/c1-3-10(2)12(13(14)16)15-19(17,18)9-11-7-5-4-6-8-11/h10-12,15H,3-9H2,1-2H3,(H2,14,16). The molecule has 1 amide bonds. The van der Waals surface area contributed by atoms with Gasteiger partial charge in [0, 0.05) is 0 Å².